The molecule has 0 radical (unpaired) electrons. The van der Waals surface area contributed by atoms with E-state index in [-0.39, 0.29) is 381 Å². The summed E-state index contributed by atoms with van der Waals surface area (Å²) in [4.78, 5) is 0. The molecule has 0 aliphatic rings. The van der Waals surface area contributed by atoms with E-state index >= 15 is 0 Å². The molecule has 56 valence electrons. The van der Waals surface area contributed by atoms with Gasteiger partial charge in [0.1, 0.15) is 0 Å². The van der Waals surface area contributed by atoms with E-state index < -0.39 is 0 Å². The third kappa shape index (κ3) is 79.1. The van der Waals surface area contributed by atoms with Crippen LogP contribution in [-0.2, 0) is 0 Å². The van der Waals surface area contributed by atoms with Crippen molar-refractivity contribution < 1.29 is 373 Å². The smallest absolute Gasteiger partial charge is 0 e. The fraction of sp³-hybridized carbons (Fsp3) is 0. The van der Waals surface area contributed by atoms with Gasteiger partial charge in [0.15, 0.2) is 0 Å². The summed E-state index contributed by atoms with van der Waals surface area (Å²) in [5.74, 6) is 0. The van der Waals surface area contributed by atoms with Gasteiger partial charge in [-0.2, -0.15) is 0 Å². The second-order valence-electron chi connectivity index (χ2n) is 0. The quantitative estimate of drug-likeness (QED) is 0.310. The third-order valence-corrected chi connectivity index (χ3v) is 0. The SMILES string of the molecule is [CH3-].[U].[U].[U].[U].[U].[U].[U].[U].[U].[U].[U].[U]. The van der Waals surface area contributed by atoms with Crippen molar-refractivity contribution in [3.8, 4) is 0 Å². The van der Waals surface area contributed by atoms with Gasteiger partial charge in [0.25, 0.3) is 0 Å². The molecular formula is CH3U12-. The van der Waals surface area contributed by atoms with Crippen molar-refractivity contribution >= 4 is 0 Å². The maximum Gasteiger partial charge on any atom is 0 e. The Morgan fingerprint density at radius 3 is 0.154 bits per heavy atom. The Kier molecular flexibility index (Phi) is 647. The molecule has 12 heteroatoms. The van der Waals surface area contributed by atoms with E-state index in [2.05, 4.69) is 0 Å². The molecule has 0 aromatic rings. The summed E-state index contributed by atoms with van der Waals surface area (Å²) in [7, 11) is 0. The van der Waals surface area contributed by atoms with Crippen molar-refractivity contribution in [2.24, 2.45) is 0 Å². The van der Waals surface area contributed by atoms with Crippen LogP contribution >= 0.6 is 0 Å². The maximum absolute atomic E-state index is 0. The first-order valence-corrected chi connectivity index (χ1v) is 0. The van der Waals surface area contributed by atoms with Gasteiger partial charge in [-0.25, -0.2) is 0 Å². The summed E-state index contributed by atoms with van der Waals surface area (Å²) in [5, 5.41) is 0. The van der Waals surface area contributed by atoms with Crippen molar-refractivity contribution in [2.45, 2.75) is 0 Å². The van der Waals surface area contributed by atoms with E-state index in [1.54, 1.807) is 0 Å². The van der Waals surface area contributed by atoms with Gasteiger partial charge in [-0.1, -0.05) is 0 Å². The zero-order valence-corrected chi connectivity index (χ0v) is 57.0. The summed E-state index contributed by atoms with van der Waals surface area (Å²) in [6.45, 7) is 0. The molecule has 0 fully saturated rings. The minimum Gasteiger partial charge on any atom is -0.358 e. The average molecular weight is 2870 g/mol. The Morgan fingerprint density at radius 2 is 0.154 bits per heavy atom. The molecule has 13 heavy (non-hydrogen) atoms. The Hall–Kier alpha value is 12.6. The molecule has 0 spiro atoms. The molecule has 0 aliphatic carbocycles. The van der Waals surface area contributed by atoms with Crippen LogP contribution in [0.3, 0.4) is 0 Å². The van der Waals surface area contributed by atoms with Gasteiger partial charge in [0.2, 0.25) is 0 Å². The first-order chi connectivity index (χ1) is 0. The Morgan fingerprint density at radius 1 is 0.154 bits per heavy atom. The molecule has 0 nitrogen and oxygen atoms in total. The van der Waals surface area contributed by atoms with Crippen LogP contribution in [0.1, 0.15) is 0 Å². The number of hydrogen-bond donors (Lipinski definition) is 0. The summed E-state index contributed by atoms with van der Waals surface area (Å²) >= 11 is 0. The summed E-state index contributed by atoms with van der Waals surface area (Å²) in [6.07, 6.45) is 0. The van der Waals surface area contributed by atoms with E-state index in [1.165, 1.54) is 0 Å². The van der Waals surface area contributed by atoms with Crippen LogP contribution in [0.15, 0.2) is 0 Å². The Balaban J connectivity index is 0. The zero-order chi connectivity index (χ0) is 0. The number of rotatable bonds is 0. The van der Waals surface area contributed by atoms with E-state index in [9.17, 15) is 0 Å². The van der Waals surface area contributed by atoms with Crippen molar-refractivity contribution in [3.05, 3.63) is 7.43 Å². The second kappa shape index (κ2) is 86.2. The van der Waals surface area contributed by atoms with Crippen molar-refractivity contribution in [1.29, 1.82) is 0 Å². The van der Waals surface area contributed by atoms with Crippen LogP contribution in [0.5, 0.6) is 0 Å². The van der Waals surface area contributed by atoms with Gasteiger partial charge in [-0.3, -0.25) is 0 Å². The average Bonchev–Trinajstić information content (AvgIpc) is 0. The zero-order valence-electron chi connectivity index (χ0n) is 7.00. The first-order valence-electron chi connectivity index (χ1n) is 0. The van der Waals surface area contributed by atoms with Gasteiger partial charge in [0, 0.05) is 373 Å². The molecule has 0 aromatic carbocycles. The molecule has 0 heterocycles. The standard InChI is InChI=1S/CH3.12U/h1H3;;;;;;;;;;;;/q-1;;;;;;;;;;;;. The van der Waals surface area contributed by atoms with Gasteiger partial charge in [-0.15, -0.1) is 0 Å². The first kappa shape index (κ1) is 97.5. The van der Waals surface area contributed by atoms with Crippen molar-refractivity contribution in [3.63, 3.8) is 0 Å². The molecule has 0 unspecified atom stereocenters. The van der Waals surface area contributed by atoms with Crippen LogP contribution in [0.25, 0.3) is 0 Å². The largest absolute Gasteiger partial charge is 0.358 e. The molecule has 0 rings (SSSR count). The normalized spacial score (nSPS) is 0. The Bertz CT molecular complexity index is 5.09. The van der Waals surface area contributed by atoms with Gasteiger partial charge in [0.05, 0.1) is 0 Å². The molecule has 0 saturated carbocycles. The van der Waals surface area contributed by atoms with Crippen LogP contribution in [0.4, 0.5) is 0 Å². The van der Waals surface area contributed by atoms with Crippen molar-refractivity contribution in [1.82, 2.24) is 0 Å². The van der Waals surface area contributed by atoms with Gasteiger partial charge < -0.3 is 7.43 Å². The molecule has 0 amide bonds. The van der Waals surface area contributed by atoms with E-state index in [0.29, 0.717) is 0 Å². The number of hydrogen-bond acceptors (Lipinski definition) is 0. The molecule has 0 saturated heterocycles. The predicted molar refractivity (Wildman–Crippen MR) is 6.41 cm³/mol. The minimum absolute atomic E-state index is 0. The monoisotopic (exact) mass is 2870 g/mol. The molecule has 0 aromatic heterocycles. The van der Waals surface area contributed by atoms with Crippen LogP contribution in [-0.4, -0.2) is 0 Å². The van der Waals surface area contributed by atoms with Gasteiger partial charge in [-0.05, 0) is 0 Å². The summed E-state index contributed by atoms with van der Waals surface area (Å²) in [5.41, 5.74) is 0. The van der Waals surface area contributed by atoms with Crippen LogP contribution < -0.4 is 0 Å². The Labute approximate surface area is 367 Å². The summed E-state index contributed by atoms with van der Waals surface area (Å²) in [6, 6.07) is 0. The van der Waals surface area contributed by atoms with Crippen LogP contribution in [0, 0.1) is 381 Å². The fourth-order valence-corrected chi connectivity index (χ4v) is 0. The molecule has 0 aliphatic heterocycles. The molecule has 0 N–H and O–H groups in total. The van der Waals surface area contributed by atoms with Crippen LogP contribution in [0.2, 0.25) is 0 Å². The maximum atomic E-state index is 0. The predicted octanol–water partition coefficient (Wildman–Crippen LogP) is 0.450. The minimum atomic E-state index is 0. The second-order valence-corrected chi connectivity index (χ2v) is 0. The van der Waals surface area contributed by atoms with Crippen molar-refractivity contribution in [2.75, 3.05) is 0 Å². The van der Waals surface area contributed by atoms with E-state index in [4.69, 9.17) is 0 Å². The fourth-order valence-electron chi connectivity index (χ4n) is 0. The van der Waals surface area contributed by atoms with E-state index in [1.807, 2.05) is 0 Å². The molecule has 0 bridgehead atoms. The van der Waals surface area contributed by atoms with Gasteiger partial charge >= 0.3 is 0 Å². The molecule has 0 atom stereocenters. The summed E-state index contributed by atoms with van der Waals surface area (Å²) < 4.78 is 0. The third-order valence-electron chi connectivity index (χ3n) is 0. The molecular weight excluding hydrogens is 2870 g/mol. The topological polar surface area (TPSA) is 0 Å². The van der Waals surface area contributed by atoms with E-state index in [0.717, 1.165) is 0 Å².